The Hall–Kier alpha value is -2.54. The van der Waals surface area contributed by atoms with Gasteiger partial charge in [0.1, 0.15) is 11.8 Å². The molecule has 0 heterocycles. The highest BCUT2D eigenvalue weighted by atomic mass is 79.9. The lowest BCUT2D eigenvalue weighted by molar-refractivity contribution is -0.142. The number of ether oxygens (including phenoxy) is 1. The predicted octanol–water partition coefficient (Wildman–Crippen LogP) is 6.61. The summed E-state index contributed by atoms with van der Waals surface area (Å²) in [6.45, 7) is 4.36. The molecule has 0 radical (unpaired) electrons. The molecule has 8 heteroatoms. The van der Waals surface area contributed by atoms with Gasteiger partial charge in [-0.05, 0) is 60.4 Å². The molecular formula is C28H29BrCl2N2O3. The Kier molecular flexibility index (Phi) is 10.7. The van der Waals surface area contributed by atoms with Gasteiger partial charge in [-0.2, -0.15) is 0 Å². The number of hydrogen-bond donors (Lipinski definition) is 1. The van der Waals surface area contributed by atoms with Crippen molar-refractivity contribution < 1.29 is 14.3 Å². The fourth-order valence-corrected chi connectivity index (χ4v) is 4.40. The van der Waals surface area contributed by atoms with Gasteiger partial charge in [0.2, 0.25) is 5.91 Å². The van der Waals surface area contributed by atoms with Crippen LogP contribution in [0.4, 0.5) is 0 Å². The fourth-order valence-electron chi connectivity index (χ4n) is 3.69. The summed E-state index contributed by atoms with van der Waals surface area (Å²) in [6, 6.07) is 19.5. The molecule has 3 aromatic carbocycles. The topological polar surface area (TPSA) is 58.6 Å². The fraction of sp³-hybridized carbons (Fsp3) is 0.286. The minimum Gasteiger partial charge on any atom is -0.484 e. The van der Waals surface area contributed by atoms with Crippen molar-refractivity contribution in [2.24, 2.45) is 0 Å². The molecule has 0 saturated heterocycles. The third-order valence-electron chi connectivity index (χ3n) is 5.67. The summed E-state index contributed by atoms with van der Waals surface area (Å²) in [5, 5.41) is 3.88. The first kappa shape index (κ1) is 28.0. The lowest BCUT2D eigenvalue weighted by Gasteiger charge is -2.31. The van der Waals surface area contributed by atoms with Crippen molar-refractivity contribution in [1.29, 1.82) is 0 Å². The van der Waals surface area contributed by atoms with Crippen LogP contribution in [0.1, 0.15) is 30.0 Å². The first-order valence-electron chi connectivity index (χ1n) is 11.7. The molecule has 0 aliphatic rings. The quantitative estimate of drug-likeness (QED) is 0.273. The van der Waals surface area contributed by atoms with Crippen LogP contribution in [0.25, 0.3) is 0 Å². The van der Waals surface area contributed by atoms with E-state index in [1.54, 1.807) is 29.2 Å². The van der Waals surface area contributed by atoms with Gasteiger partial charge in [-0.15, -0.1) is 0 Å². The van der Waals surface area contributed by atoms with Crippen LogP contribution in [-0.4, -0.2) is 35.9 Å². The maximum atomic E-state index is 13.6. The van der Waals surface area contributed by atoms with Crippen molar-refractivity contribution >= 4 is 50.9 Å². The molecule has 0 aromatic heterocycles. The summed E-state index contributed by atoms with van der Waals surface area (Å²) < 4.78 is 6.79. The third-order valence-corrected chi connectivity index (χ3v) is 7.14. The van der Waals surface area contributed by atoms with Gasteiger partial charge in [0.15, 0.2) is 6.61 Å². The Balaban J connectivity index is 1.92. The van der Waals surface area contributed by atoms with Crippen LogP contribution in [-0.2, 0) is 22.6 Å². The van der Waals surface area contributed by atoms with E-state index in [0.717, 1.165) is 22.0 Å². The SMILES string of the molecule is CCCNC(=O)C(Cc1ccccc1)N(Cc1ccc(Cl)cc1Cl)C(=O)COc1ccc(Br)c(C)c1. The van der Waals surface area contributed by atoms with Gasteiger partial charge in [-0.3, -0.25) is 9.59 Å². The second-order valence-corrected chi connectivity index (χ2v) is 10.2. The van der Waals surface area contributed by atoms with Crippen molar-refractivity contribution in [2.75, 3.05) is 13.2 Å². The molecule has 0 fully saturated rings. The van der Waals surface area contributed by atoms with Crippen LogP contribution in [0.2, 0.25) is 10.0 Å². The van der Waals surface area contributed by atoms with Crippen LogP contribution in [0.15, 0.2) is 71.2 Å². The zero-order valence-corrected chi connectivity index (χ0v) is 23.4. The van der Waals surface area contributed by atoms with E-state index in [4.69, 9.17) is 27.9 Å². The zero-order valence-electron chi connectivity index (χ0n) is 20.3. The van der Waals surface area contributed by atoms with Crippen LogP contribution in [0.3, 0.4) is 0 Å². The molecule has 0 aliphatic carbocycles. The molecule has 3 rings (SSSR count). The maximum Gasteiger partial charge on any atom is 0.261 e. The highest BCUT2D eigenvalue weighted by molar-refractivity contribution is 9.10. The Labute approximate surface area is 230 Å². The van der Waals surface area contributed by atoms with E-state index >= 15 is 0 Å². The Morgan fingerprint density at radius 1 is 1.06 bits per heavy atom. The maximum absolute atomic E-state index is 13.6. The second kappa shape index (κ2) is 13.7. The largest absolute Gasteiger partial charge is 0.484 e. The molecule has 5 nitrogen and oxygen atoms in total. The minimum atomic E-state index is -0.756. The average molecular weight is 592 g/mol. The van der Waals surface area contributed by atoms with E-state index in [9.17, 15) is 9.59 Å². The van der Waals surface area contributed by atoms with Gasteiger partial charge in [-0.1, -0.05) is 82.5 Å². The number of benzene rings is 3. The van der Waals surface area contributed by atoms with Gasteiger partial charge < -0.3 is 15.0 Å². The highest BCUT2D eigenvalue weighted by Gasteiger charge is 2.31. The molecule has 36 heavy (non-hydrogen) atoms. The van der Waals surface area contributed by atoms with E-state index in [2.05, 4.69) is 21.2 Å². The average Bonchev–Trinajstić information content (AvgIpc) is 2.87. The molecule has 0 spiro atoms. The highest BCUT2D eigenvalue weighted by Crippen LogP contribution is 2.25. The lowest BCUT2D eigenvalue weighted by atomic mass is 10.0. The number of halogens is 3. The Bertz CT molecular complexity index is 1190. The minimum absolute atomic E-state index is 0.134. The smallest absolute Gasteiger partial charge is 0.261 e. The monoisotopic (exact) mass is 590 g/mol. The van der Waals surface area contributed by atoms with Crippen LogP contribution < -0.4 is 10.1 Å². The first-order valence-corrected chi connectivity index (χ1v) is 13.3. The first-order chi connectivity index (χ1) is 17.3. The van der Waals surface area contributed by atoms with Crippen molar-refractivity contribution in [3.8, 4) is 5.75 Å². The van der Waals surface area contributed by atoms with E-state index in [-0.39, 0.29) is 25.0 Å². The molecule has 190 valence electrons. The molecule has 1 atom stereocenters. The summed E-state index contributed by atoms with van der Waals surface area (Å²) in [5.74, 6) is 0.0244. The van der Waals surface area contributed by atoms with E-state index < -0.39 is 6.04 Å². The number of rotatable bonds is 11. The van der Waals surface area contributed by atoms with Crippen molar-refractivity contribution in [3.05, 3.63) is 97.9 Å². The summed E-state index contributed by atoms with van der Waals surface area (Å²) in [4.78, 5) is 28.5. The summed E-state index contributed by atoms with van der Waals surface area (Å²) in [5.41, 5.74) is 2.62. The molecule has 0 bridgehead atoms. The summed E-state index contributed by atoms with van der Waals surface area (Å²) in [6.07, 6.45) is 1.14. The number of carbonyl (C=O) groups is 2. The molecule has 3 aromatic rings. The van der Waals surface area contributed by atoms with Crippen LogP contribution >= 0.6 is 39.1 Å². The number of aryl methyl sites for hydroxylation is 1. The number of amides is 2. The number of carbonyl (C=O) groups excluding carboxylic acids is 2. The van der Waals surface area contributed by atoms with Gasteiger partial charge in [0.25, 0.3) is 5.91 Å². The standard InChI is InChI=1S/C28H29BrCl2N2O3/c1-3-13-32-28(35)26(15-20-7-5-4-6-8-20)33(17-21-9-10-22(30)16-25(21)31)27(34)18-36-23-11-12-24(29)19(2)14-23/h4-12,14,16,26H,3,13,15,17-18H2,1-2H3,(H,32,35). The summed E-state index contributed by atoms with van der Waals surface area (Å²) >= 11 is 16.0. The molecule has 1 unspecified atom stereocenters. The van der Waals surface area contributed by atoms with Crippen LogP contribution in [0, 0.1) is 6.92 Å². The van der Waals surface area contributed by atoms with Crippen molar-refractivity contribution in [3.63, 3.8) is 0 Å². The zero-order chi connectivity index (χ0) is 26.1. The third kappa shape index (κ3) is 7.99. The molecule has 2 amide bonds. The van der Waals surface area contributed by atoms with Gasteiger partial charge in [0, 0.05) is 34.0 Å². The number of nitrogens with zero attached hydrogens (tertiary/aromatic N) is 1. The van der Waals surface area contributed by atoms with Gasteiger partial charge in [0.05, 0.1) is 0 Å². The van der Waals surface area contributed by atoms with Crippen molar-refractivity contribution in [2.45, 2.75) is 39.3 Å². The molecular weight excluding hydrogens is 563 g/mol. The van der Waals surface area contributed by atoms with E-state index in [1.807, 2.05) is 56.3 Å². The van der Waals surface area contributed by atoms with E-state index in [1.165, 1.54) is 0 Å². The summed E-state index contributed by atoms with van der Waals surface area (Å²) in [7, 11) is 0. The van der Waals surface area contributed by atoms with Gasteiger partial charge >= 0.3 is 0 Å². The Morgan fingerprint density at radius 2 is 1.81 bits per heavy atom. The van der Waals surface area contributed by atoms with Crippen molar-refractivity contribution in [1.82, 2.24) is 10.2 Å². The number of nitrogens with one attached hydrogen (secondary N) is 1. The molecule has 1 N–H and O–H groups in total. The molecule has 0 aliphatic heterocycles. The number of hydrogen-bond acceptors (Lipinski definition) is 3. The predicted molar refractivity (Wildman–Crippen MR) is 149 cm³/mol. The van der Waals surface area contributed by atoms with E-state index in [0.29, 0.717) is 34.3 Å². The van der Waals surface area contributed by atoms with Gasteiger partial charge in [-0.25, -0.2) is 0 Å². The second-order valence-electron chi connectivity index (χ2n) is 8.45. The Morgan fingerprint density at radius 3 is 2.47 bits per heavy atom. The normalized spacial score (nSPS) is 11.6. The van der Waals surface area contributed by atoms with Crippen LogP contribution in [0.5, 0.6) is 5.75 Å². The lowest BCUT2D eigenvalue weighted by Crippen LogP contribution is -2.51. The molecule has 0 saturated carbocycles.